The quantitative estimate of drug-likeness (QED) is 0.0147. The first-order chi connectivity index (χ1) is 36.2. The smallest absolute Gasteiger partial charge is 0.328 e. The van der Waals surface area contributed by atoms with Gasteiger partial charge in [0.25, 0.3) is 0 Å². The normalized spacial score (nSPS) is 12.4. The van der Waals surface area contributed by atoms with Crippen molar-refractivity contribution in [3.63, 3.8) is 0 Å². The van der Waals surface area contributed by atoms with Gasteiger partial charge in [0, 0.05) is 31.3 Å². The molecular weight excluding hydrogens is 1100 g/mol. The summed E-state index contributed by atoms with van der Waals surface area (Å²) in [6.45, 7) is 7.48. The third-order valence-corrected chi connectivity index (χ3v) is 18.2. The maximum atomic E-state index is 13.5. The lowest BCUT2D eigenvalue weighted by atomic mass is 10.1. The van der Waals surface area contributed by atoms with E-state index < -0.39 is 85.5 Å². The van der Waals surface area contributed by atoms with Crippen LogP contribution in [0.3, 0.4) is 0 Å². The monoisotopic (exact) mass is 1180 g/mol. The number of ether oxygens (including phenoxy) is 4. The second-order valence-corrected chi connectivity index (χ2v) is 23.0. The van der Waals surface area contributed by atoms with Crippen LogP contribution in [0.15, 0.2) is 91.0 Å². The molecule has 4 unspecified atom stereocenters. The number of unbranched alkanes of at least 4 members (excludes halogenated alkanes) is 1. The summed E-state index contributed by atoms with van der Waals surface area (Å²) in [5.74, 6) is -5.21. The Hall–Kier alpha value is -5.54. The average Bonchev–Trinajstić information content (AvgIpc) is 3.40. The van der Waals surface area contributed by atoms with Crippen LogP contribution in [0.25, 0.3) is 0 Å². The highest BCUT2D eigenvalue weighted by molar-refractivity contribution is 8.76. The largest absolute Gasteiger partial charge is 1.00 e. The van der Waals surface area contributed by atoms with Crippen LogP contribution in [0, 0.1) is 0 Å². The minimum Gasteiger partial charge on any atom is -1.00 e. The van der Waals surface area contributed by atoms with Gasteiger partial charge < -0.3 is 67.8 Å². The molecule has 0 bridgehead atoms. The molecule has 3 rings (SSSR count). The topological polar surface area (TPSA) is 263 Å². The van der Waals surface area contributed by atoms with Gasteiger partial charge in [-0.1, -0.05) is 76.2 Å². The molecule has 0 aromatic heterocycles. The molecule has 0 aliphatic heterocycles. The van der Waals surface area contributed by atoms with Crippen LogP contribution < -0.4 is 64.8 Å². The Morgan fingerprint density at radius 1 is 0.500 bits per heavy atom. The van der Waals surface area contributed by atoms with Crippen molar-refractivity contribution in [1.29, 1.82) is 0 Å². The molecule has 19 nitrogen and oxygen atoms in total. The Morgan fingerprint density at radius 2 is 0.921 bits per heavy atom. The average molecular weight is 1180 g/mol. The lowest BCUT2D eigenvalue weighted by Crippen LogP contribution is -3.00. The van der Waals surface area contributed by atoms with Crippen LogP contribution in [0.2, 0.25) is 0 Å². The van der Waals surface area contributed by atoms with Crippen LogP contribution in [-0.2, 0) is 62.1 Å². The number of benzene rings is 3. The van der Waals surface area contributed by atoms with E-state index >= 15 is 0 Å². The fraction of sp³-hybridized carbons (Fsp3) is 0.491. The number of hydrogen-bond acceptors (Lipinski definition) is 16. The fourth-order valence-electron chi connectivity index (χ4n) is 7.77. The van der Waals surface area contributed by atoms with Crippen LogP contribution >= 0.6 is 28.9 Å². The number of hydrogen-bond donors (Lipinski definition) is 6. The zero-order valence-corrected chi connectivity index (χ0v) is 48.1. The Labute approximate surface area is 465 Å². The van der Waals surface area contributed by atoms with Gasteiger partial charge in [-0.3, -0.25) is 33.6 Å². The lowest BCUT2D eigenvalue weighted by Gasteiger charge is -2.27. The van der Waals surface area contributed by atoms with Crippen molar-refractivity contribution in [1.82, 2.24) is 31.9 Å². The number of halogens is 1. The van der Waals surface area contributed by atoms with Crippen LogP contribution in [0.1, 0.15) is 79.6 Å². The van der Waals surface area contributed by atoms with Crippen molar-refractivity contribution in [3.8, 4) is 0 Å². The molecule has 23 heteroatoms. The van der Waals surface area contributed by atoms with Crippen LogP contribution in [-0.4, -0.2) is 141 Å². The van der Waals surface area contributed by atoms with Crippen molar-refractivity contribution in [3.05, 3.63) is 91.0 Å². The molecule has 0 saturated carbocycles. The Bertz CT molecular complexity index is 2180. The van der Waals surface area contributed by atoms with E-state index in [4.69, 9.17) is 18.9 Å². The molecule has 5 amide bonds. The van der Waals surface area contributed by atoms with Crippen molar-refractivity contribution >= 4 is 98.2 Å². The van der Waals surface area contributed by atoms with Gasteiger partial charge in [-0.05, 0) is 103 Å². The summed E-state index contributed by atoms with van der Waals surface area (Å²) >= 11 is 0. The van der Waals surface area contributed by atoms with Crippen molar-refractivity contribution in [2.45, 2.75) is 104 Å². The standard InChI is InChI=1S/C53H73N6O13PS2.BrH/c1-6-69-48(63)34-55-50(65)44(36-74-75-37-45(51(66)56-35-49(64)70-7-2)59-47(62)31-30-43(57-38(5)60)53(68)72-9-4)54-32-21-28-42(52(67)71-8-3)58-46(61)29-19-20-33-73(39-22-13-10-14-23-39,40-24-15-11-16-25-40)41-26-17-12-18-27-41;/h10-18,22-27,42-45,54H,6-9,19-21,28-37H2,1-5H3,(H4-,55,56,57,58,59,60,61,62,65,66);1H. The molecule has 3 aromatic rings. The van der Waals surface area contributed by atoms with E-state index in [-0.39, 0.29) is 99.6 Å². The molecule has 0 aliphatic carbocycles. The Kier molecular flexibility index (Phi) is 33.4. The highest BCUT2D eigenvalue weighted by atomic mass is 79.9. The van der Waals surface area contributed by atoms with E-state index in [0.29, 0.717) is 12.8 Å². The molecule has 418 valence electrons. The number of carbonyl (C=O) groups is 9. The maximum absolute atomic E-state index is 13.5. The zero-order chi connectivity index (χ0) is 54.9. The number of nitrogens with one attached hydrogen (secondary N) is 6. The summed E-state index contributed by atoms with van der Waals surface area (Å²) in [4.78, 5) is 115. The van der Waals surface area contributed by atoms with Gasteiger partial charge >= 0.3 is 23.9 Å². The number of rotatable bonds is 36. The molecule has 0 saturated heterocycles. The van der Waals surface area contributed by atoms with Gasteiger partial charge in [-0.2, -0.15) is 0 Å². The number of esters is 4. The molecule has 0 radical (unpaired) electrons. The van der Waals surface area contributed by atoms with Crippen LogP contribution in [0.4, 0.5) is 0 Å². The summed E-state index contributed by atoms with van der Waals surface area (Å²) in [5.41, 5.74) is 0. The molecule has 0 fully saturated rings. The van der Waals surface area contributed by atoms with E-state index in [0.717, 1.165) is 23.4 Å². The molecule has 3 aromatic carbocycles. The molecule has 0 spiro atoms. The van der Waals surface area contributed by atoms with Gasteiger partial charge in [0.15, 0.2) is 0 Å². The Balaban J connectivity index is 0.0000198. The Morgan fingerprint density at radius 3 is 1.38 bits per heavy atom. The van der Waals surface area contributed by atoms with E-state index in [1.807, 2.05) is 18.2 Å². The van der Waals surface area contributed by atoms with Crippen molar-refractivity contribution in [2.24, 2.45) is 0 Å². The first-order valence-electron chi connectivity index (χ1n) is 25.3. The SMILES string of the molecule is CCOC(=O)CNC(=O)C(CSSCC(NC(=O)CCC(NC(C)=O)C(=O)OCC)C(=O)NCC(=O)OCC)NCCCC(NC(=O)CCCC[P+](c1ccccc1)(c1ccccc1)c1ccccc1)C(=O)OCC.[Br-]. The van der Waals surface area contributed by atoms with E-state index in [1.54, 1.807) is 27.7 Å². The minimum absolute atomic E-state index is 0. The van der Waals surface area contributed by atoms with Gasteiger partial charge in [-0.25, -0.2) is 9.59 Å². The van der Waals surface area contributed by atoms with Crippen molar-refractivity contribution < 1.29 is 79.1 Å². The predicted molar refractivity (Wildman–Crippen MR) is 293 cm³/mol. The van der Waals surface area contributed by atoms with Gasteiger partial charge in [0.05, 0.1) is 38.6 Å². The summed E-state index contributed by atoms with van der Waals surface area (Å²) in [7, 11) is 0.231. The second-order valence-electron chi connectivity index (χ2n) is 16.8. The van der Waals surface area contributed by atoms with Gasteiger partial charge in [0.2, 0.25) is 29.5 Å². The van der Waals surface area contributed by atoms with E-state index in [2.05, 4.69) is 105 Å². The summed E-state index contributed by atoms with van der Waals surface area (Å²) in [6, 6.07) is 27.4. The van der Waals surface area contributed by atoms with E-state index in [1.165, 1.54) is 33.6 Å². The molecule has 4 atom stereocenters. The molecule has 0 heterocycles. The van der Waals surface area contributed by atoms with Crippen LogP contribution in [0.5, 0.6) is 0 Å². The first kappa shape index (κ1) is 66.6. The second kappa shape index (κ2) is 38.1. The predicted octanol–water partition coefficient (Wildman–Crippen LogP) is 0.0139. The zero-order valence-electron chi connectivity index (χ0n) is 43.9. The first-order valence-corrected chi connectivity index (χ1v) is 29.7. The van der Waals surface area contributed by atoms with Gasteiger partial charge in [0.1, 0.15) is 54.4 Å². The molecule has 6 N–H and O–H groups in total. The van der Waals surface area contributed by atoms with Crippen molar-refractivity contribution in [2.75, 3.05) is 63.7 Å². The van der Waals surface area contributed by atoms with E-state index in [9.17, 15) is 43.2 Å². The highest BCUT2D eigenvalue weighted by Crippen LogP contribution is 2.56. The molecular formula is C53H74BrN6O13PS2. The lowest BCUT2D eigenvalue weighted by molar-refractivity contribution is -0.148. The maximum Gasteiger partial charge on any atom is 0.328 e. The number of carbonyl (C=O) groups excluding carboxylic acids is 9. The minimum atomic E-state index is -2.09. The number of amides is 5. The summed E-state index contributed by atoms with van der Waals surface area (Å²) in [5, 5.41) is 19.9. The fourth-order valence-corrected chi connectivity index (χ4v) is 14.5. The highest BCUT2D eigenvalue weighted by Gasteiger charge is 2.44. The molecule has 0 aliphatic rings. The third kappa shape index (κ3) is 24.2. The third-order valence-electron chi connectivity index (χ3n) is 11.3. The van der Waals surface area contributed by atoms with Gasteiger partial charge in [-0.15, -0.1) is 0 Å². The summed E-state index contributed by atoms with van der Waals surface area (Å²) in [6.07, 6.45) is 2.49. The molecule has 76 heavy (non-hydrogen) atoms. The summed E-state index contributed by atoms with van der Waals surface area (Å²) < 4.78 is 20.2.